The van der Waals surface area contributed by atoms with Gasteiger partial charge in [-0.1, -0.05) is 38.0 Å². The van der Waals surface area contributed by atoms with E-state index in [0.717, 1.165) is 24.6 Å². The Morgan fingerprint density at radius 1 is 1.13 bits per heavy atom. The average Bonchev–Trinajstić information content (AvgIpc) is 3.38. The molecule has 8 heteroatoms. The van der Waals surface area contributed by atoms with Gasteiger partial charge in [-0.25, -0.2) is 9.59 Å². The number of para-hydroxylation sites is 1. The lowest BCUT2D eigenvalue weighted by atomic mass is 9.82. The van der Waals surface area contributed by atoms with Gasteiger partial charge in [0.15, 0.2) is 0 Å². The van der Waals surface area contributed by atoms with Gasteiger partial charge in [0.05, 0.1) is 11.2 Å². The fraction of sp³-hybridized carbons (Fsp3) is 0.522. The molecule has 2 fully saturated rings. The molecule has 3 atom stereocenters. The van der Waals surface area contributed by atoms with Gasteiger partial charge < -0.3 is 21.3 Å². The summed E-state index contributed by atoms with van der Waals surface area (Å²) in [6.45, 7) is 3.48. The lowest BCUT2D eigenvalue weighted by Crippen LogP contribution is -2.48. The van der Waals surface area contributed by atoms with Crippen molar-refractivity contribution < 1.29 is 14.4 Å². The number of nitrogens with two attached hydrogens (primary N) is 1. The number of fused-ring (bicyclic) bond motifs is 1. The van der Waals surface area contributed by atoms with E-state index in [-0.39, 0.29) is 11.9 Å². The minimum atomic E-state index is -0.618. The van der Waals surface area contributed by atoms with E-state index in [1.165, 1.54) is 23.6 Å². The van der Waals surface area contributed by atoms with Crippen LogP contribution in [0.1, 0.15) is 45.4 Å². The fourth-order valence-electron chi connectivity index (χ4n) is 5.04. The van der Waals surface area contributed by atoms with Gasteiger partial charge in [-0.2, -0.15) is 0 Å². The van der Waals surface area contributed by atoms with Crippen molar-refractivity contribution in [1.82, 2.24) is 14.8 Å². The van der Waals surface area contributed by atoms with Crippen LogP contribution in [0.5, 0.6) is 0 Å². The first-order valence-corrected chi connectivity index (χ1v) is 11.2. The first-order chi connectivity index (χ1) is 14.9. The van der Waals surface area contributed by atoms with E-state index in [0.29, 0.717) is 42.6 Å². The molecule has 0 spiro atoms. The molecule has 2 heterocycles. The number of rotatable bonds is 4. The van der Waals surface area contributed by atoms with Gasteiger partial charge in [-0.05, 0) is 43.6 Å². The van der Waals surface area contributed by atoms with Crippen molar-refractivity contribution in [2.75, 3.05) is 18.4 Å². The van der Waals surface area contributed by atoms with Crippen LogP contribution in [0.2, 0.25) is 0 Å². The highest BCUT2D eigenvalue weighted by atomic mass is 16.2. The standard InChI is InChI=1S/C23H31N5O3/c1-15-6-4-7-16(12-15)13-25-21(29)20-10-5-11-27(20)23(31)26-18-14-28(22(24)30)19-9-3-2-8-17(18)19/h2-3,8-9,14-16,20H,4-7,10-13H2,1H3,(H2,24,30)(H,25,29)(H,26,31)/t15?,16?,20-/m0/s1. The summed E-state index contributed by atoms with van der Waals surface area (Å²) in [5, 5.41) is 6.69. The summed E-state index contributed by atoms with van der Waals surface area (Å²) in [5.74, 6) is 1.16. The highest BCUT2D eigenvalue weighted by molar-refractivity contribution is 6.05. The number of likely N-dealkylation sites (tertiary alicyclic amines) is 1. The zero-order valence-corrected chi connectivity index (χ0v) is 18.0. The Morgan fingerprint density at radius 2 is 1.94 bits per heavy atom. The van der Waals surface area contributed by atoms with Gasteiger partial charge in [-0.3, -0.25) is 9.36 Å². The summed E-state index contributed by atoms with van der Waals surface area (Å²) in [6, 6.07) is 5.81. The molecule has 2 aromatic rings. The fourth-order valence-corrected chi connectivity index (χ4v) is 5.04. The molecule has 4 N–H and O–H groups in total. The molecule has 1 aliphatic heterocycles. The molecule has 0 radical (unpaired) electrons. The van der Waals surface area contributed by atoms with Gasteiger partial charge in [0.1, 0.15) is 6.04 Å². The topological polar surface area (TPSA) is 109 Å². The lowest BCUT2D eigenvalue weighted by molar-refractivity contribution is -0.124. The summed E-state index contributed by atoms with van der Waals surface area (Å²) in [4.78, 5) is 39.2. The van der Waals surface area contributed by atoms with Crippen LogP contribution in [0.25, 0.3) is 10.9 Å². The average molecular weight is 426 g/mol. The number of amides is 4. The number of hydrogen-bond acceptors (Lipinski definition) is 3. The first kappa shape index (κ1) is 21.2. The Hall–Kier alpha value is -3.03. The zero-order valence-electron chi connectivity index (χ0n) is 18.0. The Kier molecular flexibility index (Phi) is 6.15. The highest BCUT2D eigenvalue weighted by Gasteiger charge is 2.35. The molecule has 166 valence electrons. The van der Waals surface area contributed by atoms with E-state index < -0.39 is 12.1 Å². The van der Waals surface area contributed by atoms with E-state index in [9.17, 15) is 14.4 Å². The van der Waals surface area contributed by atoms with Crippen molar-refractivity contribution >= 4 is 34.6 Å². The van der Waals surface area contributed by atoms with Crippen molar-refractivity contribution in [3.8, 4) is 0 Å². The zero-order chi connectivity index (χ0) is 22.0. The number of carbonyl (C=O) groups is 3. The molecule has 2 unspecified atom stereocenters. The minimum Gasteiger partial charge on any atom is -0.354 e. The maximum Gasteiger partial charge on any atom is 0.323 e. The number of anilines is 1. The van der Waals surface area contributed by atoms with Crippen molar-refractivity contribution in [2.45, 2.75) is 51.5 Å². The van der Waals surface area contributed by atoms with Crippen LogP contribution in [-0.2, 0) is 4.79 Å². The molecular formula is C23H31N5O3. The molecule has 1 saturated carbocycles. The molecule has 0 bridgehead atoms. The Morgan fingerprint density at radius 3 is 2.71 bits per heavy atom. The molecule has 1 aromatic carbocycles. The van der Waals surface area contributed by atoms with E-state index >= 15 is 0 Å². The summed E-state index contributed by atoms with van der Waals surface area (Å²) >= 11 is 0. The van der Waals surface area contributed by atoms with Crippen LogP contribution in [0.4, 0.5) is 15.3 Å². The monoisotopic (exact) mass is 425 g/mol. The Balaban J connectivity index is 1.42. The number of benzene rings is 1. The summed E-state index contributed by atoms with van der Waals surface area (Å²) < 4.78 is 1.31. The number of urea groups is 1. The third kappa shape index (κ3) is 4.52. The SMILES string of the molecule is CC1CCCC(CNC(=O)[C@@H]2CCCN2C(=O)Nc2cn(C(N)=O)c3ccccc23)C1. The van der Waals surface area contributed by atoms with Crippen LogP contribution < -0.4 is 16.4 Å². The van der Waals surface area contributed by atoms with Crippen molar-refractivity contribution in [3.63, 3.8) is 0 Å². The maximum absolute atomic E-state index is 13.0. The molecule has 4 rings (SSSR count). The third-order valence-corrected chi connectivity index (χ3v) is 6.62. The van der Waals surface area contributed by atoms with E-state index in [2.05, 4.69) is 17.6 Å². The second-order valence-electron chi connectivity index (χ2n) is 8.93. The molecule has 8 nitrogen and oxygen atoms in total. The molecular weight excluding hydrogens is 394 g/mol. The lowest BCUT2D eigenvalue weighted by Gasteiger charge is -2.28. The molecule has 2 aliphatic rings. The molecule has 1 aliphatic carbocycles. The molecule has 4 amide bonds. The van der Waals surface area contributed by atoms with Crippen LogP contribution in [0.15, 0.2) is 30.5 Å². The molecule has 1 aromatic heterocycles. The number of nitrogens with one attached hydrogen (secondary N) is 2. The number of nitrogens with zero attached hydrogens (tertiary/aromatic N) is 2. The number of primary amides is 1. The highest BCUT2D eigenvalue weighted by Crippen LogP contribution is 2.29. The second-order valence-corrected chi connectivity index (χ2v) is 8.93. The van der Waals surface area contributed by atoms with E-state index in [1.54, 1.807) is 17.0 Å². The van der Waals surface area contributed by atoms with Gasteiger partial charge in [-0.15, -0.1) is 0 Å². The van der Waals surface area contributed by atoms with Gasteiger partial charge >= 0.3 is 12.1 Å². The largest absolute Gasteiger partial charge is 0.354 e. The number of carbonyl (C=O) groups excluding carboxylic acids is 3. The Bertz CT molecular complexity index is 985. The van der Waals surface area contributed by atoms with Crippen molar-refractivity contribution in [2.24, 2.45) is 17.6 Å². The predicted molar refractivity (Wildman–Crippen MR) is 120 cm³/mol. The summed E-state index contributed by atoms with van der Waals surface area (Å²) in [6.07, 6.45) is 7.77. The van der Waals surface area contributed by atoms with E-state index in [1.807, 2.05) is 12.1 Å². The minimum absolute atomic E-state index is 0.0783. The maximum atomic E-state index is 13.0. The molecule has 1 saturated heterocycles. The third-order valence-electron chi connectivity index (χ3n) is 6.62. The Labute approximate surface area is 182 Å². The number of aromatic nitrogens is 1. The first-order valence-electron chi connectivity index (χ1n) is 11.2. The van der Waals surface area contributed by atoms with E-state index in [4.69, 9.17) is 5.73 Å². The van der Waals surface area contributed by atoms with Crippen LogP contribution >= 0.6 is 0 Å². The predicted octanol–water partition coefficient (Wildman–Crippen LogP) is 3.51. The van der Waals surface area contributed by atoms with Crippen molar-refractivity contribution in [3.05, 3.63) is 30.5 Å². The normalized spacial score (nSPS) is 23.6. The van der Waals surface area contributed by atoms with Gasteiger partial charge in [0.2, 0.25) is 5.91 Å². The van der Waals surface area contributed by atoms with Gasteiger partial charge in [0.25, 0.3) is 0 Å². The smallest absolute Gasteiger partial charge is 0.323 e. The van der Waals surface area contributed by atoms with Crippen LogP contribution in [0.3, 0.4) is 0 Å². The quantitative estimate of drug-likeness (QED) is 0.697. The van der Waals surface area contributed by atoms with Crippen LogP contribution in [0, 0.1) is 11.8 Å². The van der Waals surface area contributed by atoms with Crippen LogP contribution in [-0.4, -0.2) is 46.6 Å². The molecule has 31 heavy (non-hydrogen) atoms. The van der Waals surface area contributed by atoms with Gasteiger partial charge in [0, 0.05) is 24.7 Å². The summed E-state index contributed by atoms with van der Waals surface area (Å²) in [5.41, 5.74) is 6.59. The second kappa shape index (κ2) is 8.99. The van der Waals surface area contributed by atoms with Crippen molar-refractivity contribution in [1.29, 1.82) is 0 Å². The number of hydrogen-bond donors (Lipinski definition) is 3. The summed E-state index contributed by atoms with van der Waals surface area (Å²) in [7, 11) is 0.